The van der Waals surface area contributed by atoms with Crippen molar-refractivity contribution in [3.05, 3.63) is 107 Å². The van der Waals surface area contributed by atoms with Crippen LogP contribution in [-0.4, -0.2) is 32.3 Å². The second-order valence-corrected chi connectivity index (χ2v) is 8.68. The molecule has 4 aromatic rings. The summed E-state index contributed by atoms with van der Waals surface area (Å²) in [6.45, 7) is 0.729. The molecule has 7 heteroatoms. The first-order valence-electron chi connectivity index (χ1n) is 10.8. The second kappa shape index (κ2) is 9.65. The topological polar surface area (TPSA) is 53.4 Å². The van der Waals surface area contributed by atoms with Gasteiger partial charge in [-0.2, -0.15) is 5.10 Å². The predicted molar refractivity (Wildman–Crippen MR) is 137 cm³/mol. The second-order valence-electron chi connectivity index (χ2n) is 7.86. The van der Waals surface area contributed by atoms with Gasteiger partial charge in [-0.3, -0.25) is 9.97 Å². The Balaban J connectivity index is 1.43. The average Bonchev–Trinajstić information content (AvgIpc) is 3.30. The fraction of sp³-hybridized carbons (Fsp3) is 0.154. The SMILES string of the molecule is S=C(NCCc1ccccc1)N1N=C(c2ccc(Cl)cc2)C[C@@H]1c1cccc2nccnc12. The maximum atomic E-state index is 6.10. The zero-order valence-corrected chi connectivity index (χ0v) is 19.4. The van der Waals surface area contributed by atoms with E-state index in [0.717, 1.165) is 40.8 Å². The third-order valence-electron chi connectivity index (χ3n) is 5.72. The molecule has 3 aromatic carbocycles. The molecule has 1 N–H and O–H groups in total. The van der Waals surface area contributed by atoms with Crippen LogP contribution in [0, 0.1) is 0 Å². The van der Waals surface area contributed by atoms with E-state index in [1.807, 2.05) is 59.6 Å². The predicted octanol–water partition coefficient (Wildman–Crippen LogP) is 5.55. The molecule has 33 heavy (non-hydrogen) atoms. The Labute approximate surface area is 203 Å². The number of benzene rings is 3. The molecule has 0 saturated carbocycles. The Morgan fingerprint density at radius 2 is 1.76 bits per heavy atom. The van der Waals surface area contributed by atoms with E-state index in [0.29, 0.717) is 16.6 Å². The van der Waals surface area contributed by atoms with Crippen molar-refractivity contribution in [2.75, 3.05) is 6.54 Å². The molecule has 1 aromatic heterocycles. The summed E-state index contributed by atoms with van der Waals surface area (Å²) in [7, 11) is 0. The monoisotopic (exact) mass is 471 g/mol. The first-order valence-corrected chi connectivity index (χ1v) is 11.6. The first-order chi connectivity index (χ1) is 16.2. The maximum absolute atomic E-state index is 6.10. The van der Waals surface area contributed by atoms with Crippen LogP contribution in [0.2, 0.25) is 5.02 Å². The molecule has 0 bridgehead atoms. The highest BCUT2D eigenvalue weighted by atomic mass is 35.5. The summed E-state index contributed by atoms with van der Waals surface area (Å²) in [5, 5.41) is 11.5. The summed E-state index contributed by atoms with van der Waals surface area (Å²) in [5.74, 6) is 0. The first kappa shape index (κ1) is 21.5. The number of hydrazone groups is 1. The van der Waals surface area contributed by atoms with Crippen molar-refractivity contribution in [1.82, 2.24) is 20.3 Å². The van der Waals surface area contributed by atoms with E-state index in [-0.39, 0.29) is 6.04 Å². The van der Waals surface area contributed by atoms with Crippen LogP contribution in [0.3, 0.4) is 0 Å². The van der Waals surface area contributed by atoms with Gasteiger partial charge in [0.15, 0.2) is 5.11 Å². The normalized spacial score (nSPS) is 15.5. The fourth-order valence-electron chi connectivity index (χ4n) is 4.08. The van der Waals surface area contributed by atoms with Crippen molar-refractivity contribution in [2.45, 2.75) is 18.9 Å². The number of hydrogen-bond acceptors (Lipinski definition) is 4. The van der Waals surface area contributed by atoms with E-state index >= 15 is 0 Å². The Kier molecular flexibility index (Phi) is 6.28. The molecular weight excluding hydrogens is 450 g/mol. The van der Waals surface area contributed by atoms with Crippen molar-refractivity contribution >= 4 is 45.7 Å². The zero-order chi connectivity index (χ0) is 22.6. The van der Waals surface area contributed by atoms with Crippen molar-refractivity contribution in [2.24, 2.45) is 5.10 Å². The Hall–Kier alpha value is -3.35. The van der Waals surface area contributed by atoms with Gasteiger partial charge in [0, 0.05) is 35.9 Å². The molecule has 0 fully saturated rings. The summed E-state index contributed by atoms with van der Waals surface area (Å²) >= 11 is 11.9. The molecule has 2 heterocycles. The molecule has 0 spiro atoms. The third kappa shape index (κ3) is 4.72. The number of thiocarbonyl (C=S) groups is 1. The van der Waals surface area contributed by atoms with Crippen LogP contribution in [0.5, 0.6) is 0 Å². The Morgan fingerprint density at radius 3 is 2.58 bits per heavy atom. The summed E-state index contributed by atoms with van der Waals surface area (Å²) in [4.78, 5) is 9.08. The lowest BCUT2D eigenvalue weighted by molar-refractivity contribution is 0.366. The van der Waals surface area contributed by atoms with Gasteiger partial charge < -0.3 is 5.32 Å². The Bertz CT molecular complexity index is 1300. The van der Waals surface area contributed by atoms with E-state index in [9.17, 15) is 0 Å². The minimum absolute atomic E-state index is 0.0761. The number of fused-ring (bicyclic) bond motifs is 1. The van der Waals surface area contributed by atoms with E-state index in [1.165, 1.54) is 5.56 Å². The number of halogens is 1. The number of nitrogens with zero attached hydrogens (tertiary/aromatic N) is 4. The summed E-state index contributed by atoms with van der Waals surface area (Å²) < 4.78 is 0. The third-order valence-corrected chi connectivity index (χ3v) is 6.30. The van der Waals surface area contributed by atoms with E-state index in [2.05, 4.69) is 33.5 Å². The number of nitrogens with one attached hydrogen (secondary N) is 1. The molecular formula is C26H22ClN5S. The van der Waals surface area contributed by atoms with Gasteiger partial charge in [-0.25, -0.2) is 5.01 Å². The highest BCUT2D eigenvalue weighted by Gasteiger charge is 2.32. The number of rotatable bonds is 5. The van der Waals surface area contributed by atoms with Crippen LogP contribution in [0.4, 0.5) is 0 Å². The van der Waals surface area contributed by atoms with Crippen molar-refractivity contribution in [3.8, 4) is 0 Å². The summed E-state index contributed by atoms with van der Waals surface area (Å²) in [6, 6.07) is 24.1. The Morgan fingerprint density at radius 1 is 0.970 bits per heavy atom. The van der Waals surface area contributed by atoms with Gasteiger partial charge in [0.1, 0.15) is 0 Å². The summed E-state index contributed by atoms with van der Waals surface area (Å²) in [6.07, 6.45) is 5.03. The van der Waals surface area contributed by atoms with Crippen molar-refractivity contribution < 1.29 is 0 Å². The van der Waals surface area contributed by atoms with Gasteiger partial charge in [-0.05, 0) is 48.0 Å². The van der Waals surface area contributed by atoms with Crippen LogP contribution < -0.4 is 5.32 Å². The molecule has 1 aliphatic heterocycles. The average molecular weight is 472 g/mol. The molecule has 5 nitrogen and oxygen atoms in total. The molecule has 0 radical (unpaired) electrons. The highest BCUT2D eigenvalue weighted by Crippen LogP contribution is 2.35. The zero-order valence-electron chi connectivity index (χ0n) is 17.9. The van der Waals surface area contributed by atoms with Crippen LogP contribution in [0.1, 0.15) is 29.2 Å². The lowest BCUT2D eigenvalue weighted by Crippen LogP contribution is -2.37. The van der Waals surface area contributed by atoms with E-state index in [4.69, 9.17) is 28.9 Å². The van der Waals surface area contributed by atoms with Gasteiger partial charge in [-0.15, -0.1) is 0 Å². The minimum Gasteiger partial charge on any atom is -0.361 e. The maximum Gasteiger partial charge on any atom is 0.190 e. The molecule has 0 unspecified atom stereocenters. The summed E-state index contributed by atoms with van der Waals surface area (Å²) in [5.41, 5.74) is 6.04. The molecule has 1 atom stereocenters. The van der Waals surface area contributed by atoms with Crippen molar-refractivity contribution in [1.29, 1.82) is 0 Å². The molecule has 164 valence electrons. The molecule has 0 amide bonds. The van der Waals surface area contributed by atoms with Crippen molar-refractivity contribution in [3.63, 3.8) is 0 Å². The van der Waals surface area contributed by atoms with Gasteiger partial charge in [0.25, 0.3) is 0 Å². The van der Waals surface area contributed by atoms with E-state index < -0.39 is 0 Å². The van der Waals surface area contributed by atoms with Gasteiger partial charge in [-0.1, -0.05) is 66.2 Å². The smallest absolute Gasteiger partial charge is 0.190 e. The molecule has 0 aliphatic carbocycles. The van der Waals surface area contributed by atoms with Crippen LogP contribution >= 0.6 is 23.8 Å². The van der Waals surface area contributed by atoms with Crippen LogP contribution in [0.15, 0.2) is 90.3 Å². The van der Waals surface area contributed by atoms with Crippen LogP contribution in [-0.2, 0) is 6.42 Å². The van der Waals surface area contributed by atoms with Gasteiger partial charge >= 0.3 is 0 Å². The largest absolute Gasteiger partial charge is 0.361 e. The van der Waals surface area contributed by atoms with Gasteiger partial charge in [0.05, 0.1) is 22.8 Å². The standard InChI is InChI=1S/C26H22ClN5S/c27-20-11-9-19(10-12-20)23-17-24(21-7-4-8-22-25(21)29-16-15-28-22)32(31-23)26(33)30-14-13-18-5-2-1-3-6-18/h1-12,15-16,24H,13-14,17H2,(H,30,33)/t24-/m1/s1. The quantitative estimate of drug-likeness (QED) is 0.387. The van der Waals surface area contributed by atoms with Crippen LogP contribution in [0.25, 0.3) is 11.0 Å². The van der Waals surface area contributed by atoms with Gasteiger partial charge in [0.2, 0.25) is 0 Å². The lowest BCUT2D eigenvalue weighted by Gasteiger charge is -2.25. The molecule has 1 aliphatic rings. The van der Waals surface area contributed by atoms with E-state index in [1.54, 1.807) is 12.4 Å². The minimum atomic E-state index is -0.0761. The lowest BCUT2D eigenvalue weighted by atomic mass is 9.97. The fourth-order valence-corrected chi connectivity index (χ4v) is 4.48. The molecule has 5 rings (SSSR count). The number of hydrogen-bond donors (Lipinski definition) is 1. The highest BCUT2D eigenvalue weighted by molar-refractivity contribution is 7.80. The number of para-hydroxylation sites is 1. The molecule has 0 saturated heterocycles. The number of aromatic nitrogens is 2.